The summed E-state index contributed by atoms with van der Waals surface area (Å²) in [6, 6.07) is 0.0348. The van der Waals surface area contributed by atoms with Gasteiger partial charge in [0.15, 0.2) is 0 Å². The van der Waals surface area contributed by atoms with Gasteiger partial charge < -0.3 is 15.3 Å². The minimum absolute atomic E-state index is 0.0386. The van der Waals surface area contributed by atoms with Crippen molar-refractivity contribution < 1.29 is 14.7 Å². The van der Waals surface area contributed by atoms with Crippen LogP contribution in [0.3, 0.4) is 0 Å². The molecule has 1 fully saturated rings. The van der Waals surface area contributed by atoms with Crippen LogP contribution in [0.15, 0.2) is 12.4 Å². The molecule has 110 valence electrons. The van der Waals surface area contributed by atoms with Gasteiger partial charge in [0.2, 0.25) is 0 Å². The molecule has 20 heavy (non-hydrogen) atoms. The fourth-order valence-corrected chi connectivity index (χ4v) is 2.08. The predicted molar refractivity (Wildman–Crippen MR) is 73.5 cm³/mol. The van der Waals surface area contributed by atoms with Gasteiger partial charge in [-0.1, -0.05) is 6.92 Å². The quantitative estimate of drug-likeness (QED) is 0.877. The summed E-state index contributed by atoms with van der Waals surface area (Å²) in [5.41, 5.74) is 0.651. The number of nitrogens with zero attached hydrogens (tertiary/aromatic N) is 3. The third-order valence-electron chi connectivity index (χ3n) is 3.68. The van der Waals surface area contributed by atoms with Gasteiger partial charge in [-0.2, -0.15) is 5.10 Å². The highest BCUT2D eigenvalue weighted by molar-refractivity contribution is 5.89. The lowest BCUT2D eigenvalue weighted by atomic mass is 9.87. The van der Waals surface area contributed by atoms with E-state index in [4.69, 9.17) is 5.11 Å². The Kier molecular flexibility index (Phi) is 3.96. The molecule has 2 heterocycles. The standard InChI is InChI=1S/C13H20N4O3/c1-8(2)17-7-11(4-14-17)15-13(20)16-5-10(6-16)9(3)12(18)19/h4,7-10H,5-6H2,1-3H3,(H,15,20)(H,18,19). The monoisotopic (exact) mass is 280 g/mol. The molecule has 1 aliphatic heterocycles. The number of rotatable bonds is 4. The van der Waals surface area contributed by atoms with E-state index in [9.17, 15) is 9.59 Å². The Morgan fingerprint density at radius 3 is 2.55 bits per heavy atom. The number of carboxylic acid groups (broad SMARTS) is 1. The van der Waals surface area contributed by atoms with Gasteiger partial charge in [0, 0.05) is 31.2 Å². The van der Waals surface area contributed by atoms with E-state index in [1.165, 1.54) is 0 Å². The summed E-state index contributed by atoms with van der Waals surface area (Å²) in [4.78, 5) is 24.4. The highest BCUT2D eigenvalue weighted by Gasteiger charge is 2.37. The molecule has 0 radical (unpaired) electrons. The second-order valence-corrected chi connectivity index (χ2v) is 5.52. The highest BCUT2D eigenvalue weighted by atomic mass is 16.4. The van der Waals surface area contributed by atoms with E-state index < -0.39 is 11.9 Å². The van der Waals surface area contributed by atoms with Crippen LogP contribution in [-0.2, 0) is 4.79 Å². The van der Waals surface area contributed by atoms with Gasteiger partial charge in [0.1, 0.15) is 0 Å². The molecular weight excluding hydrogens is 260 g/mol. The second-order valence-electron chi connectivity index (χ2n) is 5.52. The van der Waals surface area contributed by atoms with Crippen LogP contribution >= 0.6 is 0 Å². The van der Waals surface area contributed by atoms with Crippen LogP contribution in [0.4, 0.5) is 10.5 Å². The lowest BCUT2D eigenvalue weighted by molar-refractivity contribution is -0.144. The molecule has 0 saturated carbocycles. The van der Waals surface area contributed by atoms with Crippen LogP contribution in [0, 0.1) is 11.8 Å². The number of amides is 2. The molecule has 0 aromatic carbocycles. The number of aliphatic carboxylic acids is 1. The molecule has 1 unspecified atom stereocenters. The SMILES string of the molecule is CC(C(=O)O)C1CN(C(=O)Nc2cnn(C(C)C)c2)C1. The molecule has 0 bridgehead atoms. The Morgan fingerprint density at radius 1 is 1.40 bits per heavy atom. The third-order valence-corrected chi connectivity index (χ3v) is 3.68. The van der Waals surface area contributed by atoms with Gasteiger partial charge >= 0.3 is 12.0 Å². The molecule has 2 amide bonds. The topological polar surface area (TPSA) is 87.5 Å². The predicted octanol–water partition coefficient (Wildman–Crippen LogP) is 1.65. The summed E-state index contributed by atoms with van der Waals surface area (Å²) in [5.74, 6) is -1.19. The molecule has 2 N–H and O–H groups in total. The number of carboxylic acids is 1. The number of nitrogens with one attached hydrogen (secondary N) is 1. The van der Waals surface area contributed by atoms with Crippen molar-refractivity contribution in [2.24, 2.45) is 11.8 Å². The summed E-state index contributed by atoms with van der Waals surface area (Å²) in [6.45, 7) is 6.65. The van der Waals surface area contributed by atoms with Crippen LogP contribution in [0.1, 0.15) is 26.8 Å². The fraction of sp³-hybridized carbons (Fsp3) is 0.615. The normalized spacial score (nSPS) is 16.9. The minimum atomic E-state index is -0.812. The van der Waals surface area contributed by atoms with Crippen LogP contribution in [0.25, 0.3) is 0 Å². The first-order chi connectivity index (χ1) is 9.38. The van der Waals surface area contributed by atoms with Crippen LogP contribution < -0.4 is 5.32 Å². The van der Waals surface area contributed by atoms with E-state index in [-0.39, 0.29) is 18.0 Å². The Hall–Kier alpha value is -2.05. The van der Waals surface area contributed by atoms with Crippen LogP contribution in [0.2, 0.25) is 0 Å². The minimum Gasteiger partial charge on any atom is -0.481 e. The number of carbonyl (C=O) groups is 2. The van der Waals surface area contributed by atoms with E-state index in [0.717, 1.165) is 0 Å². The zero-order valence-corrected chi connectivity index (χ0v) is 11.9. The van der Waals surface area contributed by atoms with E-state index >= 15 is 0 Å². The summed E-state index contributed by atoms with van der Waals surface area (Å²) < 4.78 is 1.76. The van der Waals surface area contributed by atoms with E-state index in [1.54, 1.807) is 28.9 Å². The number of carbonyl (C=O) groups excluding carboxylic acids is 1. The molecule has 7 heteroatoms. The van der Waals surface area contributed by atoms with Crippen molar-refractivity contribution >= 4 is 17.7 Å². The number of hydrogen-bond acceptors (Lipinski definition) is 3. The average Bonchev–Trinajstić information content (AvgIpc) is 2.75. The van der Waals surface area contributed by atoms with Crippen LogP contribution in [-0.4, -0.2) is 44.9 Å². The van der Waals surface area contributed by atoms with Crippen molar-refractivity contribution in [2.45, 2.75) is 26.8 Å². The number of likely N-dealkylation sites (tertiary alicyclic amines) is 1. The molecule has 1 saturated heterocycles. The van der Waals surface area contributed by atoms with Crippen molar-refractivity contribution in [2.75, 3.05) is 18.4 Å². The Morgan fingerprint density at radius 2 is 2.05 bits per heavy atom. The Labute approximate surface area is 117 Å². The zero-order chi connectivity index (χ0) is 14.9. The molecule has 1 atom stereocenters. The first-order valence-electron chi connectivity index (χ1n) is 6.71. The summed E-state index contributed by atoms with van der Waals surface area (Å²) in [6.07, 6.45) is 3.38. The zero-order valence-electron chi connectivity index (χ0n) is 11.9. The van der Waals surface area contributed by atoms with Crippen molar-refractivity contribution in [3.8, 4) is 0 Å². The van der Waals surface area contributed by atoms with Gasteiger partial charge in [0.05, 0.1) is 17.8 Å². The van der Waals surface area contributed by atoms with Gasteiger partial charge in [-0.3, -0.25) is 9.48 Å². The molecule has 0 aliphatic carbocycles. The second kappa shape index (κ2) is 5.52. The van der Waals surface area contributed by atoms with Crippen LogP contribution in [0.5, 0.6) is 0 Å². The molecule has 1 aliphatic rings. The lowest BCUT2D eigenvalue weighted by Gasteiger charge is -2.40. The lowest BCUT2D eigenvalue weighted by Crippen LogP contribution is -2.54. The maximum absolute atomic E-state index is 11.9. The largest absolute Gasteiger partial charge is 0.481 e. The molecular formula is C13H20N4O3. The van der Waals surface area contributed by atoms with Gasteiger partial charge in [0.25, 0.3) is 0 Å². The summed E-state index contributed by atoms with van der Waals surface area (Å²) in [5, 5.41) is 15.8. The number of anilines is 1. The molecule has 1 aromatic heterocycles. The van der Waals surface area contributed by atoms with Crippen molar-refractivity contribution in [1.29, 1.82) is 0 Å². The van der Waals surface area contributed by atoms with Crippen molar-refractivity contribution in [1.82, 2.24) is 14.7 Å². The molecule has 0 spiro atoms. The van der Waals surface area contributed by atoms with E-state index in [0.29, 0.717) is 18.8 Å². The highest BCUT2D eigenvalue weighted by Crippen LogP contribution is 2.24. The molecule has 7 nitrogen and oxygen atoms in total. The number of urea groups is 1. The molecule has 2 rings (SSSR count). The van der Waals surface area contributed by atoms with Crippen molar-refractivity contribution in [3.05, 3.63) is 12.4 Å². The smallest absolute Gasteiger partial charge is 0.321 e. The first-order valence-corrected chi connectivity index (χ1v) is 6.71. The maximum Gasteiger partial charge on any atom is 0.321 e. The fourth-order valence-electron chi connectivity index (χ4n) is 2.08. The maximum atomic E-state index is 11.9. The van der Waals surface area contributed by atoms with Gasteiger partial charge in [-0.25, -0.2) is 4.79 Å². The number of aromatic nitrogens is 2. The first kappa shape index (κ1) is 14.4. The van der Waals surface area contributed by atoms with Gasteiger partial charge in [-0.05, 0) is 13.8 Å². The Balaban J connectivity index is 1.83. The van der Waals surface area contributed by atoms with E-state index in [1.807, 2.05) is 13.8 Å². The number of hydrogen-bond donors (Lipinski definition) is 2. The molecule has 1 aromatic rings. The van der Waals surface area contributed by atoms with E-state index in [2.05, 4.69) is 10.4 Å². The third kappa shape index (κ3) is 2.92. The van der Waals surface area contributed by atoms with Gasteiger partial charge in [-0.15, -0.1) is 0 Å². The van der Waals surface area contributed by atoms with Crippen molar-refractivity contribution in [3.63, 3.8) is 0 Å². The average molecular weight is 280 g/mol. The summed E-state index contributed by atoms with van der Waals surface area (Å²) >= 11 is 0. The Bertz CT molecular complexity index is 505. The summed E-state index contributed by atoms with van der Waals surface area (Å²) in [7, 11) is 0.